The third-order valence-electron chi connectivity index (χ3n) is 5.11. The number of rotatable bonds is 7. The number of ether oxygens (including phenoxy) is 2. The minimum atomic E-state index is -0.0658. The maximum absolute atomic E-state index is 9.83. The van der Waals surface area contributed by atoms with Crippen molar-refractivity contribution in [1.29, 1.82) is 0 Å². The van der Waals surface area contributed by atoms with Gasteiger partial charge in [0, 0.05) is 23.3 Å². The fraction of sp³-hybridized carbons (Fsp3) is 0.348. The van der Waals surface area contributed by atoms with Crippen LogP contribution in [-0.4, -0.2) is 34.0 Å². The maximum Gasteiger partial charge on any atom is 0.124 e. The van der Waals surface area contributed by atoms with Crippen LogP contribution in [0, 0.1) is 0 Å². The maximum atomic E-state index is 9.83. The van der Waals surface area contributed by atoms with Crippen molar-refractivity contribution in [1.82, 2.24) is 9.55 Å². The summed E-state index contributed by atoms with van der Waals surface area (Å²) < 4.78 is 13.7. The van der Waals surface area contributed by atoms with Crippen molar-refractivity contribution in [3.63, 3.8) is 0 Å². The zero-order valence-corrected chi connectivity index (χ0v) is 16.2. The summed E-state index contributed by atoms with van der Waals surface area (Å²) in [4.78, 5) is 4.73. The summed E-state index contributed by atoms with van der Waals surface area (Å²) in [7, 11) is 0. The van der Waals surface area contributed by atoms with E-state index in [1.807, 2.05) is 49.6 Å². The quantitative estimate of drug-likeness (QED) is 0.666. The first-order valence-electron chi connectivity index (χ1n) is 9.89. The topological polar surface area (TPSA) is 56.5 Å². The summed E-state index contributed by atoms with van der Waals surface area (Å²) in [6.07, 6.45) is 4.30. The minimum absolute atomic E-state index is 0.0658. The molecule has 0 spiro atoms. The van der Waals surface area contributed by atoms with Crippen molar-refractivity contribution in [2.24, 2.45) is 0 Å². The summed E-state index contributed by atoms with van der Waals surface area (Å²) in [5.74, 6) is 0.722. The smallest absolute Gasteiger partial charge is 0.124 e. The zero-order chi connectivity index (χ0) is 19.3. The van der Waals surface area contributed by atoms with Gasteiger partial charge in [0.1, 0.15) is 5.75 Å². The first-order valence-corrected chi connectivity index (χ1v) is 9.89. The fourth-order valence-electron chi connectivity index (χ4n) is 3.78. The van der Waals surface area contributed by atoms with E-state index in [1.165, 1.54) is 0 Å². The van der Waals surface area contributed by atoms with E-state index >= 15 is 0 Å². The number of hydrogen-bond acceptors (Lipinski definition) is 4. The van der Waals surface area contributed by atoms with Gasteiger partial charge in [-0.1, -0.05) is 30.3 Å². The van der Waals surface area contributed by atoms with Crippen LogP contribution in [0.25, 0.3) is 22.5 Å². The molecule has 2 heterocycles. The first kappa shape index (κ1) is 18.7. The van der Waals surface area contributed by atoms with Crippen LogP contribution in [0.2, 0.25) is 0 Å². The van der Waals surface area contributed by atoms with Gasteiger partial charge in [-0.25, -0.2) is 4.98 Å². The van der Waals surface area contributed by atoms with Gasteiger partial charge in [0.25, 0.3) is 0 Å². The second-order valence-electron chi connectivity index (χ2n) is 7.01. The lowest BCUT2D eigenvalue weighted by molar-refractivity contribution is 0.0973. The Hall–Kier alpha value is -2.63. The average Bonchev–Trinajstić information content (AvgIpc) is 3.40. The predicted octanol–water partition coefficient (Wildman–Crippen LogP) is 4.29. The molecular weight excluding hydrogens is 352 g/mol. The SMILES string of the molecule is CCOc1ccc(-c2c(-c3ccccc3)ncn2CC2CCCO2)cc1CO. The van der Waals surface area contributed by atoms with Crippen LogP contribution in [0.1, 0.15) is 25.3 Å². The van der Waals surface area contributed by atoms with Crippen molar-refractivity contribution < 1.29 is 14.6 Å². The molecule has 0 bridgehead atoms. The molecule has 1 aromatic heterocycles. The molecule has 1 fully saturated rings. The highest BCUT2D eigenvalue weighted by molar-refractivity contribution is 5.79. The molecule has 4 rings (SSSR count). The lowest BCUT2D eigenvalue weighted by atomic mass is 10.0. The number of hydrogen-bond donors (Lipinski definition) is 1. The molecular formula is C23H26N2O3. The summed E-state index contributed by atoms with van der Waals surface area (Å²) in [6.45, 7) is 4.05. The monoisotopic (exact) mass is 378 g/mol. The van der Waals surface area contributed by atoms with Crippen molar-refractivity contribution in [3.05, 3.63) is 60.4 Å². The van der Waals surface area contributed by atoms with Crippen LogP contribution in [0.15, 0.2) is 54.9 Å². The number of benzene rings is 2. The zero-order valence-electron chi connectivity index (χ0n) is 16.2. The Morgan fingerprint density at radius 1 is 1.18 bits per heavy atom. The number of aliphatic hydroxyl groups excluding tert-OH is 1. The molecule has 0 aliphatic carbocycles. The third-order valence-corrected chi connectivity index (χ3v) is 5.11. The highest BCUT2D eigenvalue weighted by atomic mass is 16.5. The van der Waals surface area contributed by atoms with E-state index in [0.29, 0.717) is 6.61 Å². The van der Waals surface area contributed by atoms with Crippen LogP contribution in [0.4, 0.5) is 0 Å². The highest BCUT2D eigenvalue weighted by Gasteiger charge is 2.21. The lowest BCUT2D eigenvalue weighted by Crippen LogP contribution is -2.15. The van der Waals surface area contributed by atoms with E-state index in [1.54, 1.807) is 0 Å². The van der Waals surface area contributed by atoms with Crippen LogP contribution in [0.5, 0.6) is 5.75 Å². The van der Waals surface area contributed by atoms with Crippen LogP contribution >= 0.6 is 0 Å². The van der Waals surface area contributed by atoms with E-state index in [-0.39, 0.29) is 12.7 Å². The normalized spacial score (nSPS) is 16.4. The Kier molecular flexibility index (Phi) is 5.74. The molecule has 1 N–H and O–H groups in total. The molecule has 5 nitrogen and oxygen atoms in total. The lowest BCUT2D eigenvalue weighted by Gasteiger charge is -2.16. The van der Waals surface area contributed by atoms with Gasteiger partial charge in [-0.15, -0.1) is 0 Å². The van der Waals surface area contributed by atoms with Gasteiger partial charge in [-0.2, -0.15) is 0 Å². The van der Waals surface area contributed by atoms with E-state index in [4.69, 9.17) is 14.5 Å². The van der Waals surface area contributed by atoms with Gasteiger partial charge in [0.05, 0.1) is 43.6 Å². The molecule has 5 heteroatoms. The number of imidazole rings is 1. The fourth-order valence-corrected chi connectivity index (χ4v) is 3.78. The minimum Gasteiger partial charge on any atom is -0.494 e. The Bertz CT molecular complexity index is 915. The van der Waals surface area contributed by atoms with E-state index in [2.05, 4.69) is 16.7 Å². The molecule has 2 aromatic carbocycles. The number of aromatic nitrogens is 2. The highest BCUT2D eigenvalue weighted by Crippen LogP contribution is 2.34. The second kappa shape index (κ2) is 8.59. The molecule has 1 saturated heterocycles. The van der Waals surface area contributed by atoms with Gasteiger partial charge in [0.2, 0.25) is 0 Å². The summed E-state index contributed by atoms with van der Waals surface area (Å²) >= 11 is 0. The van der Waals surface area contributed by atoms with Crippen molar-refractivity contribution >= 4 is 0 Å². The van der Waals surface area contributed by atoms with Gasteiger partial charge in [0.15, 0.2) is 0 Å². The van der Waals surface area contributed by atoms with Crippen molar-refractivity contribution in [3.8, 4) is 28.3 Å². The summed E-state index contributed by atoms with van der Waals surface area (Å²) in [6, 6.07) is 16.2. The molecule has 0 amide bonds. The Labute approximate surface area is 165 Å². The van der Waals surface area contributed by atoms with Gasteiger partial charge in [-0.3, -0.25) is 0 Å². The van der Waals surface area contributed by atoms with Gasteiger partial charge < -0.3 is 19.1 Å². The van der Waals surface area contributed by atoms with E-state index in [9.17, 15) is 5.11 Å². The molecule has 28 heavy (non-hydrogen) atoms. The largest absolute Gasteiger partial charge is 0.494 e. The molecule has 0 saturated carbocycles. The van der Waals surface area contributed by atoms with Crippen LogP contribution in [-0.2, 0) is 17.9 Å². The summed E-state index contributed by atoms with van der Waals surface area (Å²) in [5.41, 5.74) is 4.85. The molecule has 3 aromatic rings. The molecule has 1 aliphatic heterocycles. The number of nitrogens with zero attached hydrogens (tertiary/aromatic N) is 2. The molecule has 1 aliphatic rings. The molecule has 146 valence electrons. The summed E-state index contributed by atoms with van der Waals surface area (Å²) in [5, 5.41) is 9.83. The van der Waals surface area contributed by atoms with Crippen LogP contribution < -0.4 is 4.74 Å². The number of aliphatic hydroxyl groups is 1. The molecule has 1 atom stereocenters. The van der Waals surface area contributed by atoms with E-state index in [0.717, 1.165) is 59.8 Å². The van der Waals surface area contributed by atoms with Crippen LogP contribution in [0.3, 0.4) is 0 Å². The Morgan fingerprint density at radius 2 is 2.04 bits per heavy atom. The van der Waals surface area contributed by atoms with E-state index < -0.39 is 0 Å². The average molecular weight is 378 g/mol. The van der Waals surface area contributed by atoms with Crippen molar-refractivity contribution in [2.45, 2.75) is 39.0 Å². The van der Waals surface area contributed by atoms with Gasteiger partial charge in [-0.05, 0) is 38.0 Å². The predicted molar refractivity (Wildman–Crippen MR) is 109 cm³/mol. The van der Waals surface area contributed by atoms with Crippen molar-refractivity contribution in [2.75, 3.05) is 13.2 Å². The Balaban J connectivity index is 1.79. The second-order valence-corrected chi connectivity index (χ2v) is 7.01. The standard InChI is InChI=1S/C23H26N2O3/c1-2-27-21-11-10-18(13-19(21)15-26)23-22(17-7-4-3-5-8-17)24-16-25(23)14-20-9-6-12-28-20/h3-5,7-8,10-11,13,16,20,26H,2,6,9,12,14-15H2,1H3. The molecule has 1 unspecified atom stereocenters. The van der Waals surface area contributed by atoms with Gasteiger partial charge >= 0.3 is 0 Å². The first-order chi connectivity index (χ1) is 13.8. The molecule has 0 radical (unpaired) electrons. The third kappa shape index (κ3) is 3.81. The Morgan fingerprint density at radius 3 is 2.75 bits per heavy atom.